The highest BCUT2D eigenvalue weighted by atomic mass is 79.9. The summed E-state index contributed by atoms with van der Waals surface area (Å²) in [5.74, 6) is 0.0453. The monoisotopic (exact) mass is 283 g/mol. The average Bonchev–Trinajstić information content (AvgIpc) is 2.17. The maximum absolute atomic E-state index is 12.3. The fraction of sp³-hybridized carbons (Fsp3) is 0.250. The smallest absolute Gasteiger partial charge is 0.280 e. The molecule has 1 aromatic heterocycles. The molecule has 0 radical (unpaired) electrons. The van der Waals surface area contributed by atoms with Crippen molar-refractivity contribution >= 4 is 33.8 Å². The summed E-state index contributed by atoms with van der Waals surface area (Å²) in [5.41, 5.74) is -0.0662. The lowest BCUT2D eigenvalue weighted by molar-refractivity contribution is 0.111. The molecular formula is C8H5BrClF2NO. The molecule has 1 heterocycles. The van der Waals surface area contributed by atoms with Gasteiger partial charge in [-0.25, -0.2) is 13.8 Å². The molecule has 0 aromatic carbocycles. The van der Waals surface area contributed by atoms with Crippen molar-refractivity contribution in [2.45, 2.75) is 12.3 Å². The second-order valence-corrected chi connectivity index (χ2v) is 3.52. The van der Waals surface area contributed by atoms with Crippen molar-refractivity contribution in [3.05, 3.63) is 27.5 Å². The van der Waals surface area contributed by atoms with Gasteiger partial charge < -0.3 is 0 Å². The highest BCUT2D eigenvalue weighted by Crippen LogP contribution is 2.26. The molecule has 0 fully saturated rings. The van der Waals surface area contributed by atoms with Crippen LogP contribution in [0.15, 0.2) is 10.5 Å². The fourth-order valence-corrected chi connectivity index (χ4v) is 1.72. The third kappa shape index (κ3) is 2.27. The summed E-state index contributed by atoms with van der Waals surface area (Å²) in [7, 11) is 0. The summed E-state index contributed by atoms with van der Waals surface area (Å²) in [6, 6.07) is 1.18. The molecule has 76 valence electrons. The van der Waals surface area contributed by atoms with Crippen LogP contribution in [0.3, 0.4) is 0 Å². The minimum atomic E-state index is -2.70. The number of carbonyl (C=O) groups is 1. The number of rotatable bonds is 3. The van der Waals surface area contributed by atoms with Gasteiger partial charge in [-0.3, -0.25) is 4.79 Å². The Balaban J connectivity index is 3.31. The molecule has 0 aliphatic rings. The number of alkyl halides is 3. The van der Waals surface area contributed by atoms with Gasteiger partial charge in [-0.1, -0.05) is 0 Å². The van der Waals surface area contributed by atoms with Crippen molar-refractivity contribution in [2.75, 3.05) is 0 Å². The molecule has 0 bridgehead atoms. The first-order valence-electron chi connectivity index (χ1n) is 3.58. The largest absolute Gasteiger partial charge is 0.296 e. The zero-order chi connectivity index (χ0) is 10.7. The van der Waals surface area contributed by atoms with E-state index in [2.05, 4.69) is 20.9 Å². The summed E-state index contributed by atoms with van der Waals surface area (Å²) in [4.78, 5) is 14.0. The van der Waals surface area contributed by atoms with Gasteiger partial charge in [0.2, 0.25) is 0 Å². The summed E-state index contributed by atoms with van der Waals surface area (Å²) >= 11 is 8.58. The van der Waals surface area contributed by atoms with E-state index in [0.29, 0.717) is 16.3 Å². The Hall–Kier alpha value is -0.550. The Morgan fingerprint density at radius 1 is 1.64 bits per heavy atom. The highest BCUT2D eigenvalue weighted by molar-refractivity contribution is 9.10. The van der Waals surface area contributed by atoms with Gasteiger partial charge >= 0.3 is 0 Å². The Labute approximate surface area is 92.4 Å². The third-order valence-corrected chi connectivity index (χ3v) is 2.76. The number of hydrogen-bond acceptors (Lipinski definition) is 2. The van der Waals surface area contributed by atoms with Gasteiger partial charge in [0, 0.05) is 5.88 Å². The topological polar surface area (TPSA) is 30.0 Å². The van der Waals surface area contributed by atoms with Crippen LogP contribution >= 0.6 is 27.5 Å². The zero-order valence-electron chi connectivity index (χ0n) is 6.81. The van der Waals surface area contributed by atoms with Crippen molar-refractivity contribution in [1.82, 2.24) is 4.98 Å². The van der Waals surface area contributed by atoms with E-state index < -0.39 is 12.1 Å². The number of pyridine rings is 1. The van der Waals surface area contributed by atoms with Crippen LogP contribution in [-0.4, -0.2) is 11.3 Å². The van der Waals surface area contributed by atoms with E-state index in [-0.39, 0.29) is 11.6 Å². The summed E-state index contributed by atoms with van der Waals surface area (Å²) in [6.45, 7) is 0. The molecule has 14 heavy (non-hydrogen) atoms. The SMILES string of the molecule is O=Cc1nc(C(F)F)cc(CCl)c1Br. The third-order valence-electron chi connectivity index (χ3n) is 1.56. The lowest BCUT2D eigenvalue weighted by atomic mass is 10.2. The standard InChI is InChI=1S/C8H5BrClF2NO/c9-7-4(2-10)1-5(8(11)12)13-6(7)3-14/h1,3,8H,2H2. The van der Waals surface area contributed by atoms with Gasteiger partial charge in [0.05, 0.1) is 4.47 Å². The summed E-state index contributed by atoms with van der Waals surface area (Å²) < 4.78 is 25.0. The van der Waals surface area contributed by atoms with E-state index in [0.717, 1.165) is 0 Å². The number of halogens is 4. The molecular weight excluding hydrogens is 279 g/mol. The number of hydrogen-bond donors (Lipinski definition) is 0. The van der Waals surface area contributed by atoms with E-state index >= 15 is 0 Å². The van der Waals surface area contributed by atoms with E-state index in [1.165, 1.54) is 6.07 Å². The molecule has 1 aromatic rings. The number of nitrogens with zero attached hydrogens (tertiary/aromatic N) is 1. The second-order valence-electron chi connectivity index (χ2n) is 2.46. The van der Waals surface area contributed by atoms with Crippen LogP contribution in [-0.2, 0) is 5.88 Å². The first kappa shape index (κ1) is 11.5. The molecule has 0 aliphatic heterocycles. The minimum Gasteiger partial charge on any atom is -0.296 e. The molecule has 1 rings (SSSR count). The highest BCUT2D eigenvalue weighted by Gasteiger charge is 2.15. The molecule has 0 amide bonds. The van der Waals surface area contributed by atoms with Gasteiger partial charge in [-0.05, 0) is 27.6 Å². The maximum atomic E-state index is 12.3. The van der Waals surface area contributed by atoms with Crippen LogP contribution in [0.4, 0.5) is 8.78 Å². The number of aromatic nitrogens is 1. The number of aldehydes is 1. The van der Waals surface area contributed by atoms with Crippen molar-refractivity contribution in [3.8, 4) is 0 Å². The normalized spacial score (nSPS) is 10.6. The first-order valence-corrected chi connectivity index (χ1v) is 4.91. The first-order chi connectivity index (χ1) is 6.60. The Bertz CT molecular complexity index is 359. The van der Waals surface area contributed by atoms with E-state index in [1.54, 1.807) is 0 Å². The van der Waals surface area contributed by atoms with E-state index in [1.807, 2.05) is 0 Å². The predicted molar refractivity (Wildman–Crippen MR) is 51.8 cm³/mol. The Morgan fingerprint density at radius 3 is 2.71 bits per heavy atom. The van der Waals surface area contributed by atoms with Crippen LogP contribution in [0.5, 0.6) is 0 Å². The van der Waals surface area contributed by atoms with Crippen LogP contribution < -0.4 is 0 Å². The van der Waals surface area contributed by atoms with Gasteiger partial charge in [-0.2, -0.15) is 0 Å². The Morgan fingerprint density at radius 2 is 2.29 bits per heavy atom. The van der Waals surface area contributed by atoms with Gasteiger partial charge in [0.15, 0.2) is 6.29 Å². The molecule has 0 spiro atoms. The molecule has 0 saturated carbocycles. The number of carbonyl (C=O) groups excluding carboxylic acids is 1. The van der Waals surface area contributed by atoms with E-state index in [9.17, 15) is 13.6 Å². The molecule has 0 aliphatic carbocycles. The molecule has 0 saturated heterocycles. The molecule has 0 unspecified atom stereocenters. The average molecular weight is 284 g/mol. The molecule has 0 atom stereocenters. The lowest BCUT2D eigenvalue weighted by Crippen LogP contribution is -1.99. The van der Waals surface area contributed by atoms with Crippen LogP contribution in [0, 0.1) is 0 Å². The summed E-state index contributed by atoms with van der Waals surface area (Å²) in [5, 5.41) is 0. The van der Waals surface area contributed by atoms with E-state index in [4.69, 9.17) is 11.6 Å². The van der Waals surface area contributed by atoms with Crippen molar-refractivity contribution in [1.29, 1.82) is 0 Å². The molecule has 0 N–H and O–H groups in total. The Kier molecular flexibility index (Phi) is 3.95. The maximum Gasteiger partial charge on any atom is 0.280 e. The minimum absolute atomic E-state index is 0.0453. The summed E-state index contributed by atoms with van der Waals surface area (Å²) in [6.07, 6.45) is -2.30. The predicted octanol–water partition coefficient (Wildman–Crippen LogP) is 3.33. The molecule has 6 heteroatoms. The van der Waals surface area contributed by atoms with Crippen LogP contribution in [0.25, 0.3) is 0 Å². The van der Waals surface area contributed by atoms with Crippen LogP contribution in [0.2, 0.25) is 0 Å². The van der Waals surface area contributed by atoms with Crippen molar-refractivity contribution in [3.63, 3.8) is 0 Å². The van der Waals surface area contributed by atoms with Crippen molar-refractivity contribution < 1.29 is 13.6 Å². The zero-order valence-corrected chi connectivity index (χ0v) is 9.15. The second kappa shape index (κ2) is 4.79. The fourth-order valence-electron chi connectivity index (χ4n) is 0.914. The van der Waals surface area contributed by atoms with Gasteiger partial charge in [0.1, 0.15) is 11.4 Å². The van der Waals surface area contributed by atoms with Crippen LogP contribution in [0.1, 0.15) is 28.2 Å². The van der Waals surface area contributed by atoms with Crippen molar-refractivity contribution in [2.24, 2.45) is 0 Å². The quantitative estimate of drug-likeness (QED) is 0.629. The van der Waals surface area contributed by atoms with Gasteiger partial charge in [-0.15, -0.1) is 11.6 Å². The molecule has 2 nitrogen and oxygen atoms in total. The lowest BCUT2D eigenvalue weighted by Gasteiger charge is -2.06. The van der Waals surface area contributed by atoms with Gasteiger partial charge in [0.25, 0.3) is 6.43 Å².